The fraction of sp³-hybridized carbons (Fsp3) is 0.500. The van der Waals surface area contributed by atoms with E-state index < -0.39 is 0 Å². The van der Waals surface area contributed by atoms with E-state index in [1.807, 2.05) is 32.3 Å². The summed E-state index contributed by atoms with van der Waals surface area (Å²) in [7, 11) is 4.10. The predicted octanol–water partition coefficient (Wildman–Crippen LogP) is 3.03. The molecule has 1 rings (SSSR count). The quantitative estimate of drug-likeness (QED) is 0.801. The molecule has 0 radical (unpaired) electrons. The third kappa shape index (κ3) is 4.25. The van der Waals surface area contributed by atoms with E-state index in [1.54, 1.807) is 11.8 Å². The lowest BCUT2D eigenvalue weighted by molar-refractivity contribution is 0.392. The van der Waals surface area contributed by atoms with E-state index >= 15 is 0 Å². The van der Waals surface area contributed by atoms with Gasteiger partial charge in [0.15, 0.2) is 0 Å². The third-order valence-electron chi connectivity index (χ3n) is 2.48. The summed E-state index contributed by atoms with van der Waals surface area (Å²) in [5.74, 6) is 0.978. The van der Waals surface area contributed by atoms with Gasteiger partial charge in [0.05, 0.1) is 11.3 Å². The van der Waals surface area contributed by atoms with Crippen LogP contribution >= 0.6 is 11.8 Å². The van der Waals surface area contributed by atoms with E-state index in [-0.39, 0.29) is 0 Å². The zero-order valence-corrected chi connectivity index (χ0v) is 12.3. The molecule has 1 aromatic carbocycles. The molecule has 1 unspecified atom stereocenters. The van der Waals surface area contributed by atoms with Crippen molar-refractivity contribution < 1.29 is 0 Å². The molecule has 98 valence electrons. The monoisotopic (exact) mass is 263 g/mol. The van der Waals surface area contributed by atoms with Crippen LogP contribution < -0.4 is 5.32 Å². The maximum atomic E-state index is 9.31. The first-order valence-corrected chi connectivity index (χ1v) is 7.14. The van der Waals surface area contributed by atoms with E-state index in [0.717, 1.165) is 28.4 Å². The van der Waals surface area contributed by atoms with Gasteiger partial charge in [-0.15, -0.1) is 11.8 Å². The third-order valence-corrected chi connectivity index (χ3v) is 3.42. The molecule has 18 heavy (non-hydrogen) atoms. The van der Waals surface area contributed by atoms with Crippen molar-refractivity contribution in [3.8, 4) is 6.07 Å². The van der Waals surface area contributed by atoms with Gasteiger partial charge in [0.1, 0.15) is 6.07 Å². The van der Waals surface area contributed by atoms with E-state index in [4.69, 9.17) is 0 Å². The van der Waals surface area contributed by atoms with E-state index in [9.17, 15) is 5.26 Å². The molecule has 3 nitrogen and oxygen atoms in total. The normalized spacial score (nSPS) is 12.2. The van der Waals surface area contributed by atoms with Crippen molar-refractivity contribution in [2.45, 2.75) is 24.8 Å². The highest BCUT2D eigenvalue weighted by molar-refractivity contribution is 7.99. The Hall–Kier alpha value is -1.18. The molecule has 1 aromatic rings. The zero-order valence-electron chi connectivity index (χ0n) is 11.5. The van der Waals surface area contributed by atoms with E-state index in [2.05, 4.69) is 30.1 Å². The second-order valence-electron chi connectivity index (χ2n) is 4.53. The first-order chi connectivity index (χ1) is 8.58. The van der Waals surface area contributed by atoms with Gasteiger partial charge < -0.3 is 10.2 Å². The summed E-state index contributed by atoms with van der Waals surface area (Å²) in [6.07, 6.45) is 0. The average molecular weight is 263 g/mol. The Morgan fingerprint density at radius 1 is 1.44 bits per heavy atom. The number of anilines is 1. The SMILES string of the molecule is CCSc1cccc(NC(C)CN(C)C)c1C#N. The molecule has 0 saturated heterocycles. The van der Waals surface area contributed by atoms with Crippen molar-refractivity contribution in [1.82, 2.24) is 4.90 Å². The number of likely N-dealkylation sites (N-methyl/N-ethyl adjacent to an activating group) is 1. The summed E-state index contributed by atoms with van der Waals surface area (Å²) in [6.45, 7) is 5.16. The number of nitrogens with one attached hydrogen (secondary N) is 1. The van der Waals surface area contributed by atoms with Crippen LogP contribution in [0.3, 0.4) is 0 Å². The van der Waals surface area contributed by atoms with Crippen LogP contribution in [-0.2, 0) is 0 Å². The second-order valence-corrected chi connectivity index (χ2v) is 5.84. The van der Waals surface area contributed by atoms with Crippen LogP contribution in [0.1, 0.15) is 19.4 Å². The van der Waals surface area contributed by atoms with Crippen molar-refractivity contribution in [1.29, 1.82) is 5.26 Å². The van der Waals surface area contributed by atoms with Crippen molar-refractivity contribution in [2.75, 3.05) is 31.7 Å². The maximum Gasteiger partial charge on any atom is 0.102 e. The number of nitriles is 1. The van der Waals surface area contributed by atoms with Crippen molar-refractivity contribution in [3.63, 3.8) is 0 Å². The van der Waals surface area contributed by atoms with E-state index in [0.29, 0.717) is 6.04 Å². The van der Waals surface area contributed by atoms with Gasteiger partial charge in [-0.2, -0.15) is 5.26 Å². The minimum Gasteiger partial charge on any atom is -0.380 e. The molecule has 1 atom stereocenters. The molecule has 0 fully saturated rings. The molecule has 0 heterocycles. The zero-order chi connectivity index (χ0) is 13.5. The Labute approximate surface area is 114 Å². The lowest BCUT2D eigenvalue weighted by Crippen LogP contribution is -2.29. The molecule has 0 aliphatic heterocycles. The molecule has 4 heteroatoms. The molecule has 0 saturated carbocycles. The average Bonchev–Trinajstić information content (AvgIpc) is 2.28. The van der Waals surface area contributed by atoms with Gasteiger partial charge in [0.25, 0.3) is 0 Å². The summed E-state index contributed by atoms with van der Waals surface area (Å²) in [5, 5.41) is 12.7. The summed E-state index contributed by atoms with van der Waals surface area (Å²) in [4.78, 5) is 3.19. The van der Waals surface area contributed by atoms with Gasteiger partial charge in [-0.1, -0.05) is 13.0 Å². The van der Waals surface area contributed by atoms with Crippen molar-refractivity contribution in [3.05, 3.63) is 23.8 Å². The molecule has 1 N–H and O–H groups in total. The molecular formula is C14H21N3S. The predicted molar refractivity (Wildman–Crippen MR) is 79.2 cm³/mol. The Kier molecular flexibility index (Phi) is 6.03. The van der Waals surface area contributed by atoms with E-state index in [1.165, 1.54) is 0 Å². The summed E-state index contributed by atoms with van der Waals surface area (Å²) in [6, 6.07) is 8.61. The molecule has 0 amide bonds. The molecule has 0 aromatic heterocycles. The van der Waals surface area contributed by atoms with Gasteiger partial charge in [-0.05, 0) is 38.9 Å². The topological polar surface area (TPSA) is 39.1 Å². The molecule has 0 aliphatic rings. The highest BCUT2D eigenvalue weighted by Gasteiger charge is 2.10. The summed E-state index contributed by atoms with van der Waals surface area (Å²) >= 11 is 1.71. The minimum atomic E-state index is 0.314. The first-order valence-electron chi connectivity index (χ1n) is 6.15. The van der Waals surface area contributed by atoms with Crippen molar-refractivity contribution >= 4 is 17.4 Å². The smallest absolute Gasteiger partial charge is 0.102 e. The van der Waals surface area contributed by atoms with Gasteiger partial charge in [0, 0.05) is 17.5 Å². The number of nitrogens with zero attached hydrogens (tertiary/aromatic N) is 2. The Balaban J connectivity index is 2.88. The standard InChI is InChI=1S/C14H21N3S/c1-5-18-14-8-6-7-13(12(14)9-15)16-11(2)10-17(3)4/h6-8,11,16H,5,10H2,1-4H3. The van der Waals surface area contributed by atoms with Crippen LogP contribution in [0.15, 0.2) is 23.1 Å². The fourth-order valence-electron chi connectivity index (χ4n) is 1.90. The highest BCUT2D eigenvalue weighted by Crippen LogP contribution is 2.28. The molecule has 0 spiro atoms. The maximum absolute atomic E-state index is 9.31. The van der Waals surface area contributed by atoms with Crippen LogP contribution in [0.25, 0.3) is 0 Å². The Morgan fingerprint density at radius 2 is 2.17 bits per heavy atom. The Morgan fingerprint density at radius 3 is 2.72 bits per heavy atom. The van der Waals surface area contributed by atoms with Crippen LogP contribution in [0.2, 0.25) is 0 Å². The highest BCUT2D eigenvalue weighted by atomic mass is 32.2. The van der Waals surface area contributed by atoms with Gasteiger partial charge in [0.2, 0.25) is 0 Å². The summed E-state index contributed by atoms with van der Waals surface area (Å²) < 4.78 is 0. The van der Waals surface area contributed by atoms with Crippen molar-refractivity contribution in [2.24, 2.45) is 0 Å². The van der Waals surface area contributed by atoms with Gasteiger partial charge in [-0.3, -0.25) is 0 Å². The summed E-state index contributed by atoms with van der Waals surface area (Å²) in [5.41, 5.74) is 1.69. The lowest BCUT2D eigenvalue weighted by Gasteiger charge is -2.20. The molecule has 0 bridgehead atoms. The largest absolute Gasteiger partial charge is 0.380 e. The number of hydrogen-bond acceptors (Lipinski definition) is 4. The minimum absolute atomic E-state index is 0.314. The number of benzene rings is 1. The number of hydrogen-bond donors (Lipinski definition) is 1. The number of rotatable bonds is 6. The van der Waals surface area contributed by atoms with Crippen LogP contribution in [0.4, 0.5) is 5.69 Å². The molecular weight excluding hydrogens is 242 g/mol. The second kappa shape index (κ2) is 7.30. The first kappa shape index (κ1) is 14.9. The number of thioether (sulfide) groups is 1. The fourth-order valence-corrected chi connectivity index (χ4v) is 2.69. The van der Waals surface area contributed by atoms with Crippen LogP contribution in [0.5, 0.6) is 0 Å². The van der Waals surface area contributed by atoms with Crippen LogP contribution in [0, 0.1) is 11.3 Å². The van der Waals surface area contributed by atoms with Crippen LogP contribution in [-0.4, -0.2) is 37.3 Å². The van der Waals surface area contributed by atoms with Gasteiger partial charge >= 0.3 is 0 Å². The Bertz CT molecular complexity index is 424. The lowest BCUT2D eigenvalue weighted by atomic mass is 10.1. The molecule has 0 aliphatic carbocycles. The van der Waals surface area contributed by atoms with Gasteiger partial charge in [-0.25, -0.2) is 0 Å².